The summed E-state index contributed by atoms with van der Waals surface area (Å²) in [7, 11) is 0. The van der Waals surface area contributed by atoms with E-state index in [9.17, 15) is 19.5 Å². The van der Waals surface area contributed by atoms with Crippen molar-refractivity contribution >= 4 is 23.6 Å². The Bertz CT molecular complexity index is 1190. The molecule has 0 saturated carbocycles. The second kappa shape index (κ2) is 11.7. The van der Waals surface area contributed by atoms with E-state index in [1.54, 1.807) is 48.2 Å². The van der Waals surface area contributed by atoms with Crippen LogP contribution in [0.4, 0.5) is 10.5 Å². The van der Waals surface area contributed by atoms with Gasteiger partial charge < -0.3 is 25.7 Å². The molecule has 0 aliphatic carbocycles. The third kappa shape index (κ3) is 7.60. The van der Waals surface area contributed by atoms with Gasteiger partial charge in [-0.25, -0.2) is 4.79 Å². The van der Waals surface area contributed by atoms with Crippen LogP contribution in [0.15, 0.2) is 66.7 Å². The number of benzene rings is 3. The van der Waals surface area contributed by atoms with Gasteiger partial charge in [0.05, 0.1) is 6.42 Å². The van der Waals surface area contributed by atoms with Crippen LogP contribution < -0.4 is 10.6 Å². The van der Waals surface area contributed by atoms with Gasteiger partial charge in [-0.3, -0.25) is 9.59 Å². The topological polar surface area (TPSA) is 119 Å². The van der Waals surface area contributed by atoms with Crippen LogP contribution in [0.5, 0.6) is 5.75 Å². The Hall–Kier alpha value is -4.33. The van der Waals surface area contributed by atoms with Crippen LogP contribution in [-0.4, -0.2) is 39.6 Å². The molecule has 0 atom stereocenters. The Morgan fingerprint density at radius 2 is 1.49 bits per heavy atom. The van der Waals surface area contributed by atoms with Crippen molar-refractivity contribution in [3.8, 4) is 5.75 Å². The van der Waals surface area contributed by atoms with E-state index in [0.717, 1.165) is 22.3 Å². The van der Waals surface area contributed by atoms with E-state index < -0.39 is 5.97 Å². The number of urea groups is 1. The van der Waals surface area contributed by atoms with Crippen LogP contribution in [0.2, 0.25) is 0 Å². The SMILES string of the molecule is Cc1ccc(NC(=O)N(Cc2ccc(C(=O)NCCC(=O)O)cc2)Cc2ccc(O)c(C)c2)cc1. The molecule has 0 bridgehead atoms. The fourth-order valence-electron chi connectivity index (χ4n) is 3.44. The normalized spacial score (nSPS) is 10.5. The Morgan fingerprint density at radius 3 is 2.11 bits per heavy atom. The van der Waals surface area contributed by atoms with Gasteiger partial charge in [0.2, 0.25) is 0 Å². The van der Waals surface area contributed by atoms with Crippen molar-refractivity contribution < 1.29 is 24.6 Å². The summed E-state index contributed by atoms with van der Waals surface area (Å²) in [6, 6.07) is 19.3. The first kappa shape index (κ1) is 25.3. The molecule has 0 unspecified atom stereocenters. The highest BCUT2D eigenvalue weighted by atomic mass is 16.4. The van der Waals surface area contributed by atoms with Crippen LogP contribution in [0.25, 0.3) is 0 Å². The standard InChI is InChI=1S/C27H29N3O5/c1-18-3-10-23(11-4-18)29-27(35)30(17-21-7-12-24(31)19(2)15-21)16-20-5-8-22(9-6-20)26(34)28-14-13-25(32)33/h3-12,15,31H,13-14,16-17H2,1-2H3,(H,28,34)(H,29,35)(H,32,33). The number of carboxylic acids is 1. The van der Waals surface area contributed by atoms with Gasteiger partial charge in [-0.15, -0.1) is 0 Å². The van der Waals surface area contributed by atoms with Crippen LogP contribution in [0, 0.1) is 13.8 Å². The van der Waals surface area contributed by atoms with Crippen molar-refractivity contribution in [3.05, 3.63) is 94.5 Å². The number of hydrogen-bond donors (Lipinski definition) is 4. The molecule has 0 heterocycles. The highest BCUT2D eigenvalue weighted by Crippen LogP contribution is 2.20. The zero-order valence-corrected chi connectivity index (χ0v) is 19.7. The number of nitrogens with zero attached hydrogens (tertiary/aromatic N) is 1. The van der Waals surface area contributed by atoms with E-state index in [1.165, 1.54) is 0 Å². The van der Waals surface area contributed by atoms with Gasteiger partial charge in [-0.05, 0) is 60.9 Å². The first-order chi connectivity index (χ1) is 16.7. The van der Waals surface area contributed by atoms with Gasteiger partial charge in [0.15, 0.2) is 0 Å². The third-order valence-corrected chi connectivity index (χ3v) is 5.44. The maximum atomic E-state index is 13.2. The molecule has 8 nitrogen and oxygen atoms in total. The number of phenolic OH excluding ortho intramolecular Hbond substituents is 1. The molecule has 35 heavy (non-hydrogen) atoms. The molecule has 0 aliphatic heterocycles. The van der Waals surface area contributed by atoms with Crippen LogP contribution in [-0.2, 0) is 17.9 Å². The molecule has 0 radical (unpaired) electrons. The lowest BCUT2D eigenvalue weighted by atomic mass is 10.1. The number of aryl methyl sites for hydroxylation is 2. The molecule has 4 N–H and O–H groups in total. The monoisotopic (exact) mass is 475 g/mol. The molecule has 0 aliphatic rings. The Morgan fingerprint density at radius 1 is 0.857 bits per heavy atom. The van der Waals surface area contributed by atoms with Gasteiger partial charge in [0.25, 0.3) is 5.91 Å². The largest absolute Gasteiger partial charge is 0.508 e. The maximum absolute atomic E-state index is 13.2. The Balaban J connectivity index is 1.74. The summed E-state index contributed by atoms with van der Waals surface area (Å²) >= 11 is 0. The van der Waals surface area contributed by atoms with Gasteiger partial charge in [-0.1, -0.05) is 42.0 Å². The third-order valence-electron chi connectivity index (χ3n) is 5.44. The lowest BCUT2D eigenvalue weighted by Gasteiger charge is -2.24. The molecular formula is C27H29N3O5. The van der Waals surface area contributed by atoms with Gasteiger partial charge >= 0.3 is 12.0 Å². The Labute approximate surface area is 204 Å². The fourth-order valence-corrected chi connectivity index (χ4v) is 3.44. The lowest BCUT2D eigenvalue weighted by molar-refractivity contribution is -0.136. The number of hydrogen-bond acceptors (Lipinski definition) is 4. The zero-order chi connectivity index (χ0) is 25.4. The molecule has 0 aromatic heterocycles. The first-order valence-electron chi connectivity index (χ1n) is 11.2. The summed E-state index contributed by atoms with van der Waals surface area (Å²) in [6.45, 7) is 4.43. The van der Waals surface area contributed by atoms with Crippen LogP contribution in [0.1, 0.15) is 39.0 Å². The molecule has 3 aromatic rings. The van der Waals surface area contributed by atoms with E-state index >= 15 is 0 Å². The van der Waals surface area contributed by atoms with E-state index in [4.69, 9.17) is 5.11 Å². The smallest absolute Gasteiger partial charge is 0.322 e. The molecule has 0 saturated heterocycles. The summed E-state index contributed by atoms with van der Waals surface area (Å²) in [5.74, 6) is -1.14. The van der Waals surface area contributed by atoms with Crippen LogP contribution in [0.3, 0.4) is 0 Å². The summed E-state index contributed by atoms with van der Waals surface area (Å²) in [4.78, 5) is 37.6. The number of nitrogens with one attached hydrogen (secondary N) is 2. The second-order valence-electron chi connectivity index (χ2n) is 8.37. The number of anilines is 1. The molecule has 3 rings (SSSR count). The highest BCUT2D eigenvalue weighted by molar-refractivity contribution is 5.94. The van der Waals surface area contributed by atoms with Crippen molar-refractivity contribution in [2.24, 2.45) is 0 Å². The predicted octanol–water partition coefficient (Wildman–Crippen LogP) is 4.45. The number of rotatable bonds is 9. The molecule has 8 heteroatoms. The minimum atomic E-state index is -0.978. The highest BCUT2D eigenvalue weighted by Gasteiger charge is 2.16. The van der Waals surface area contributed by atoms with Crippen molar-refractivity contribution in [1.82, 2.24) is 10.2 Å². The van der Waals surface area contributed by atoms with E-state index in [2.05, 4.69) is 10.6 Å². The average Bonchev–Trinajstić information content (AvgIpc) is 2.82. The number of aliphatic carboxylic acids is 1. The summed E-state index contributed by atoms with van der Waals surface area (Å²) in [5.41, 5.74) is 4.59. The second-order valence-corrected chi connectivity index (χ2v) is 8.37. The summed E-state index contributed by atoms with van der Waals surface area (Å²) < 4.78 is 0. The minimum absolute atomic E-state index is 0.0505. The fraction of sp³-hybridized carbons (Fsp3) is 0.222. The molecule has 3 amide bonds. The van der Waals surface area contributed by atoms with Crippen molar-refractivity contribution in [3.63, 3.8) is 0 Å². The quantitative estimate of drug-likeness (QED) is 0.365. The number of carbonyl (C=O) groups excluding carboxylic acids is 2. The number of amides is 3. The van der Waals surface area contributed by atoms with Crippen molar-refractivity contribution in [2.45, 2.75) is 33.4 Å². The Kier molecular flexibility index (Phi) is 8.45. The molecule has 3 aromatic carbocycles. The predicted molar refractivity (Wildman–Crippen MR) is 133 cm³/mol. The van der Waals surface area contributed by atoms with E-state index in [0.29, 0.717) is 24.3 Å². The molecular weight excluding hydrogens is 446 g/mol. The molecule has 182 valence electrons. The van der Waals surface area contributed by atoms with Gasteiger partial charge in [0, 0.05) is 30.9 Å². The molecule has 0 fully saturated rings. The van der Waals surface area contributed by atoms with Crippen molar-refractivity contribution in [1.29, 1.82) is 0 Å². The van der Waals surface area contributed by atoms with Gasteiger partial charge in [-0.2, -0.15) is 0 Å². The van der Waals surface area contributed by atoms with E-state index in [1.807, 2.05) is 37.3 Å². The summed E-state index contributed by atoms with van der Waals surface area (Å²) in [5, 5.41) is 24.0. The maximum Gasteiger partial charge on any atom is 0.322 e. The summed E-state index contributed by atoms with van der Waals surface area (Å²) in [6.07, 6.45) is -0.147. The van der Waals surface area contributed by atoms with Crippen LogP contribution >= 0.6 is 0 Å². The molecule has 0 spiro atoms. The van der Waals surface area contributed by atoms with Crippen molar-refractivity contribution in [2.75, 3.05) is 11.9 Å². The zero-order valence-electron chi connectivity index (χ0n) is 19.7. The number of phenols is 1. The first-order valence-corrected chi connectivity index (χ1v) is 11.2. The minimum Gasteiger partial charge on any atom is -0.508 e. The number of carboxylic acid groups (broad SMARTS) is 1. The number of carbonyl (C=O) groups is 3. The lowest BCUT2D eigenvalue weighted by Crippen LogP contribution is -2.34. The number of aromatic hydroxyl groups is 1. The van der Waals surface area contributed by atoms with E-state index in [-0.39, 0.29) is 30.7 Å². The average molecular weight is 476 g/mol. The van der Waals surface area contributed by atoms with Gasteiger partial charge in [0.1, 0.15) is 5.75 Å².